The number of carbonyl (C=O) groups is 1. The van der Waals surface area contributed by atoms with Crippen LogP contribution >= 0.6 is 11.6 Å². The van der Waals surface area contributed by atoms with Crippen LogP contribution in [0.2, 0.25) is 5.02 Å². The van der Waals surface area contributed by atoms with Gasteiger partial charge in [-0.05, 0) is 55.8 Å². The fourth-order valence-corrected chi connectivity index (χ4v) is 4.45. The monoisotopic (exact) mass is 446 g/mol. The maximum absolute atomic E-state index is 12.5. The third-order valence-electron chi connectivity index (χ3n) is 4.70. The van der Waals surface area contributed by atoms with Crippen LogP contribution in [-0.2, 0) is 16.6 Å². The van der Waals surface area contributed by atoms with Crippen LogP contribution in [0.25, 0.3) is 0 Å². The van der Waals surface area contributed by atoms with Gasteiger partial charge in [-0.3, -0.25) is 9.48 Å². The Morgan fingerprint density at radius 1 is 1.07 bits per heavy atom. The third kappa shape index (κ3) is 4.56. The van der Waals surface area contributed by atoms with Gasteiger partial charge in [-0.15, -0.1) is 0 Å². The van der Waals surface area contributed by atoms with E-state index >= 15 is 0 Å². The molecule has 0 saturated heterocycles. The van der Waals surface area contributed by atoms with Crippen LogP contribution in [-0.4, -0.2) is 42.5 Å². The number of aromatic nitrogens is 2. The topological polar surface area (TPSA) is 84.3 Å². The maximum atomic E-state index is 12.5. The average Bonchev–Trinajstić information content (AvgIpc) is 2.97. The molecule has 1 heterocycles. The Morgan fingerprint density at radius 2 is 1.67 bits per heavy atom. The van der Waals surface area contributed by atoms with Crippen molar-refractivity contribution in [2.24, 2.45) is 0 Å². The number of halogens is 1. The first-order valence-electron chi connectivity index (χ1n) is 9.22. The molecule has 0 aliphatic carbocycles. The van der Waals surface area contributed by atoms with Crippen LogP contribution in [0, 0.1) is 13.8 Å². The molecular weight excluding hydrogens is 424 g/mol. The number of anilines is 1. The SMILES string of the molecule is Cc1nn(Cc2ccc(C(=O)Nc3ccc(Cl)cc3)cc2)c(C)c1S(=O)(=O)N(C)C. The lowest BCUT2D eigenvalue weighted by molar-refractivity contribution is 0.102. The summed E-state index contributed by atoms with van der Waals surface area (Å²) in [6.07, 6.45) is 0. The van der Waals surface area contributed by atoms with Crippen molar-refractivity contribution in [3.8, 4) is 0 Å². The summed E-state index contributed by atoms with van der Waals surface area (Å²) in [6.45, 7) is 3.82. The molecule has 0 unspecified atom stereocenters. The predicted molar refractivity (Wildman–Crippen MR) is 118 cm³/mol. The van der Waals surface area contributed by atoms with E-state index in [2.05, 4.69) is 10.4 Å². The average molecular weight is 447 g/mol. The highest BCUT2D eigenvalue weighted by Gasteiger charge is 2.26. The normalized spacial score (nSPS) is 11.7. The highest BCUT2D eigenvalue weighted by molar-refractivity contribution is 7.89. The second-order valence-electron chi connectivity index (χ2n) is 7.10. The molecule has 0 atom stereocenters. The zero-order valence-corrected chi connectivity index (χ0v) is 18.8. The fraction of sp³-hybridized carbons (Fsp3) is 0.238. The lowest BCUT2D eigenvalue weighted by Crippen LogP contribution is -2.23. The van der Waals surface area contributed by atoms with E-state index < -0.39 is 10.0 Å². The van der Waals surface area contributed by atoms with E-state index in [0.29, 0.717) is 34.2 Å². The molecule has 0 radical (unpaired) electrons. The summed E-state index contributed by atoms with van der Waals surface area (Å²) in [5.41, 5.74) is 3.10. The molecule has 30 heavy (non-hydrogen) atoms. The molecule has 0 saturated carbocycles. The Bertz CT molecular complexity index is 1170. The highest BCUT2D eigenvalue weighted by Crippen LogP contribution is 2.23. The molecule has 1 aromatic heterocycles. The van der Waals surface area contributed by atoms with Crippen molar-refractivity contribution in [1.82, 2.24) is 14.1 Å². The second kappa shape index (κ2) is 8.59. The van der Waals surface area contributed by atoms with E-state index in [-0.39, 0.29) is 10.8 Å². The number of amides is 1. The number of nitrogens with zero attached hydrogens (tertiary/aromatic N) is 3. The Morgan fingerprint density at radius 3 is 2.23 bits per heavy atom. The number of sulfonamides is 1. The molecule has 3 aromatic rings. The summed E-state index contributed by atoms with van der Waals surface area (Å²) in [6, 6.07) is 14.0. The van der Waals surface area contributed by atoms with Crippen molar-refractivity contribution in [2.75, 3.05) is 19.4 Å². The first kappa shape index (κ1) is 22.0. The maximum Gasteiger partial charge on any atom is 0.255 e. The molecule has 1 amide bonds. The molecule has 0 bridgehead atoms. The van der Waals surface area contributed by atoms with Gasteiger partial charge in [-0.25, -0.2) is 12.7 Å². The van der Waals surface area contributed by atoms with Gasteiger partial charge >= 0.3 is 0 Å². The molecule has 2 aromatic carbocycles. The molecule has 1 N–H and O–H groups in total. The van der Waals surface area contributed by atoms with E-state index in [1.807, 2.05) is 12.1 Å². The molecule has 0 aliphatic rings. The number of rotatable bonds is 6. The third-order valence-corrected chi connectivity index (χ3v) is 7.02. The Kier molecular flexibility index (Phi) is 6.30. The van der Waals surface area contributed by atoms with Gasteiger partial charge < -0.3 is 5.32 Å². The van der Waals surface area contributed by atoms with E-state index in [0.717, 1.165) is 5.56 Å². The quantitative estimate of drug-likeness (QED) is 0.625. The first-order chi connectivity index (χ1) is 14.1. The van der Waals surface area contributed by atoms with Gasteiger partial charge in [0.1, 0.15) is 4.90 Å². The standard InChI is InChI=1S/C21H23ClN4O3S/c1-14-20(30(28,29)25(3)4)15(2)26(24-14)13-16-5-7-17(8-6-16)21(27)23-19-11-9-18(22)10-12-19/h5-12H,13H2,1-4H3,(H,23,27). The highest BCUT2D eigenvalue weighted by atomic mass is 35.5. The van der Waals surface area contributed by atoms with Crippen molar-refractivity contribution < 1.29 is 13.2 Å². The van der Waals surface area contributed by atoms with Crippen LogP contribution in [0.5, 0.6) is 0 Å². The minimum atomic E-state index is -3.57. The van der Waals surface area contributed by atoms with E-state index in [4.69, 9.17) is 11.6 Å². The molecule has 158 valence electrons. The number of hydrogen-bond donors (Lipinski definition) is 1. The van der Waals surface area contributed by atoms with Gasteiger partial charge in [-0.1, -0.05) is 23.7 Å². The summed E-state index contributed by atoms with van der Waals surface area (Å²) >= 11 is 5.86. The lowest BCUT2D eigenvalue weighted by Gasteiger charge is -2.12. The van der Waals surface area contributed by atoms with Crippen LogP contribution in [0.15, 0.2) is 53.4 Å². The van der Waals surface area contributed by atoms with Crippen molar-refractivity contribution in [2.45, 2.75) is 25.3 Å². The Balaban J connectivity index is 1.76. The molecule has 0 aliphatic heterocycles. The van der Waals surface area contributed by atoms with E-state index in [1.165, 1.54) is 18.4 Å². The predicted octanol–water partition coefficient (Wildman–Crippen LogP) is 3.70. The van der Waals surface area contributed by atoms with Gasteiger partial charge in [0.15, 0.2) is 0 Å². The molecule has 0 fully saturated rings. The number of carbonyl (C=O) groups excluding carboxylic acids is 1. The van der Waals surface area contributed by atoms with Gasteiger partial charge in [0.2, 0.25) is 10.0 Å². The van der Waals surface area contributed by atoms with Crippen molar-refractivity contribution in [3.63, 3.8) is 0 Å². The number of hydrogen-bond acceptors (Lipinski definition) is 4. The van der Waals surface area contributed by atoms with Gasteiger partial charge in [0.25, 0.3) is 5.91 Å². The minimum absolute atomic E-state index is 0.227. The number of nitrogens with one attached hydrogen (secondary N) is 1. The zero-order chi connectivity index (χ0) is 22.1. The number of aryl methyl sites for hydroxylation is 1. The van der Waals surface area contributed by atoms with Gasteiger partial charge in [0, 0.05) is 30.4 Å². The van der Waals surface area contributed by atoms with Crippen LogP contribution in [0.3, 0.4) is 0 Å². The van der Waals surface area contributed by atoms with Crippen molar-refractivity contribution in [1.29, 1.82) is 0 Å². The van der Waals surface area contributed by atoms with E-state index in [1.54, 1.807) is 54.9 Å². The van der Waals surface area contributed by atoms with E-state index in [9.17, 15) is 13.2 Å². The molecule has 9 heteroatoms. The van der Waals surface area contributed by atoms with Crippen molar-refractivity contribution >= 4 is 33.2 Å². The summed E-state index contributed by atoms with van der Waals surface area (Å²) in [5, 5.41) is 7.81. The first-order valence-corrected chi connectivity index (χ1v) is 11.0. The van der Waals surface area contributed by atoms with Crippen LogP contribution in [0.4, 0.5) is 5.69 Å². The summed E-state index contributed by atoms with van der Waals surface area (Å²) in [4.78, 5) is 12.6. The Hall–Kier alpha value is -2.68. The summed E-state index contributed by atoms with van der Waals surface area (Å²) < 4.78 is 27.9. The van der Waals surface area contributed by atoms with Gasteiger partial charge in [0.05, 0.1) is 17.9 Å². The van der Waals surface area contributed by atoms with Crippen LogP contribution < -0.4 is 5.32 Å². The summed E-state index contributed by atoms with van der Waals surface area (Å²) in [7, 11) is -0.573. The van der Waals surface area contributed by atoms with Crippen LogP contribution in [0.1, 0.15) is 27.3 Å². The zero-order valence-electron chi connectivity index (χ0n) is 17.2. The minimum Gasteiger partial charge on any atom is -0.322 e. The van der Waals surface area contributed by atoms with Crippen molar-refractivity contribution in [3.05, 3.63) is 76.1 Å². The fourth-order valence-electron chi connectivity index (χ4n) is 3.06. The number of benzene rings is 2. The summed E-state index contributed by atoms with van der Waals surface area (Å²) in [5.74, 6) is -0.227. The molecule has 7 nitrogen and oxygen atoms in total. The van der Waals surface area contributed by atoms with Gasteiger partial charge in [-0.2, -0.15) is 5.10 Å². The molecule has 0 spiro atoms. The second-order valence-corrected chi connectivity index (χ2v) is 9.63. The largest absolute Gasteiger partial charge is 0.322 e. The molecular formula is C21H23ClN4O3S. The Labute approximate surface area is 181 Å². The smallest absolute Gasteiger partial charge is 0.255 e. The molecule has 3 rings (SSSR count). The lowest BCUT2D eigenvalue weighted by atomic mass is 10.1.